The number of nitrogen functional groups attached to an aromatic ring is 1. The lowest BCUT2D eigenvalue weighted by Gasteiger charge is -2.38. The summed E-state index contributed by atoms with van der Waals surface area (Å²) in [6.07, 6.45) is 2.56. The number of anilines is 2. The van der Waals surface area contributed by atoms with Crippen LogP contribution in [0.3, 0.4) is 0 Å². The fourth-order valence-corrected chi connectivity index (χ4v) is 2.54. The molecule has 0 spiro atoms. The molecule has 0 amide bonds. The number of piperidine rings is 1. The van der Waals surface area contributed by atoms with Crippen LogP contribution < -0.4 is 15.4 Å². The predicted molar refractivity (Wildman–Crippen MR) is 72.6 cm³/mol. The minimum atomic E-state index is 0.581. The van der Waals surface area contributed by atoms with Crippen LogP contribution >= 0.6 is 0 Å². The second-order valence-corrected chi connectivity index (χ2v) is 5.15. The Hall–Kier alpha value is -1.38. The number of ether oxygens (including phenoxy) is 1. The lowest BCUT2D eigenvalue weighted by molar-refractivity contribution is 0.388. The first-order valence-corrected chi connectivity index (χ1v) is 6.31. The largest absolute Gasteiger partial charge is 0.497 e. The maximum Gasteiger partial charge on any atom is 0.122 e. The highest BCUT2D eigenvalue weighted by atomic mass is 16.5. The highest BCUT2D eigenvalue weighted by Crippen LogP contribution is 2.31. The van der Waals surface area contributed by atoms with E-state index in [9.17, 15) is 0 Å². The van der Waals surface area contributed by atoms with Gasteiger partial charge in [0, 0.05) is 36.1 Å². The number of hydrogen-bond acceptors (Lipinski definition) is 3. The number of nitrogens with zero attached hydrogens (tertiary/aromatic N) is 1. The van der Waals surface area contributed by atoms with Crippen molar-refractivity contribution < 1.29 is 4.74 Å². The predicted octanol–water partition coefficient (Wildman–Crippen LogP) is 2.90. The van der Waals surface area contributed by atoms with Crippen LogP contribution in [0.5, 0.6) is 5.75 Å². The maximum atomic E-state index is 5.92. The molecule has 2 unspecified atom stereocenters. The van der Waals surface area contributed by atoms with Gasteiger partial charge in [0.05, 0.1) is 7.11 Å². The van der Waals surface area contributed by atoms with Gasteiger partial charge in [-0.05, 0) is 31.7 Å². The Labute approximate surface area is 104 Å². The molecule has 2 N–H and O–H groups in total. The first-order chi connectivity index (χ1) is 8.10. The summed E-state index contributed by atoms with van der Waals surface area (Å²) < 4.78 is 5.28. The fourth-order valence-electron chi connectivity index (χ4n) is 2.54. The van der Waals surface area contributed by atoms with Crippen molar-refractivity contribution in [2.24, 2.45) is 5.92 Å². The Bertz CT molecular complexity index is 392. The Balaban J connectivity index is 2.28. The van der Waals surface area contributed by atoms with Gasteiger partial charge in [0.2, 0.25) is 0 Å². The zero-order valence-electron chi connectivity index (χ0n) is 10.9. The monoisotopic (exact) mass is 234 g/mol. The van der Waals surface area contributed by atoms with Crippen molar-refractivity contribution in [2.75, 3.05) is 24.3 Å². The maximum absolute atomic E-state index is 5.92. The van der Waals surface area contributed by atoms with Crippen LogP contribution in [0.4, 0.5) is 11.4 Å². The van der Waals surface area contributed by atoms with E-state index in [1.165, 1.54) is 18.5 Å². The molecule has 0 radical (unpaired) electrons. The molecule has 1 aliphatic heterocycles. The fraction of sp³-hybridized carbons (Fsp3) is 0.571. The molecule has 1 heterocycles. The zero-order chi connectivity index (χ0) is 12.4. The van der Waals surface area contributed by atoms with Gasteiger partial charge in [-0.3, -0.25) is 0 Å². The molecule has 2 atom stereocenters. The third-order valence-electron chi connectivity index (χ3n) is 3.60. The SMILES string of the molecule is COc1cc(N)cc(N2CC(C)CCC2C)c1. The molecule has 2 rings (SSSR count). The number of rotatable bonds is 2. The van der Waals surface area contributed by atoms with E-state index < -0.39 is 0 Å². The molecule has 1 aliphatic rings. The lowest BCUT2D eigenvalue weighted by Crippen LogP contribution is -2.41. The van der Waals surface area contributed by atoms with Crippen LogP contribution in [0.2, 0.25) is 0 Å². The highest BCUT2D eigenvalue weighted by Gasteiger charge is 2.23. The molecule has 0 aliphatic carbocycles. The minimum absolute atomic E-state index is 0.581. The Morgan fingerprint density at radius 2 is 2.00 bits per heavy atom. The molecular formula is C14H22N2O. The lowest BCUT2D eigenvalue weighted by atomic mass is 9.94. The van der Waals surface area contributed by atoms with Gasteiger partial charge in [-0.1, -0.05) is 6.92 Å². The van der Waals surface area contributed by atoms with Gasteiger partial charge < -0.3 is 15.4 Å². The molecule has 17 heavy (non-hydrogen) atoms. The number of hydrogen-bond donors (Lipinski definition) is 1. The number of benzene rings is 1. The summed E-state index contributed by atoms with van der Waals surface area (Å²) in [5, 5.41) is 0. The topological polar surface area (TPSA) is 38.5 Å². The Kier molecular flexibility index (Phi) is 3.46. The van der Waals surface area contributed by atoms with Crippen LogP contribution in [-0.4, -0.2) is 19.7 Å². The second-order valence-electron chi connectivity index (χ2n) is 5.15. The molecule has 1 aromatic carbocycles. The van der Waals surface area contributed by atoms with E-state index in [1.54, 1.807) is 7.11 Å². The van der Waals surface area contributed by atoms with E-state index in [0.717, 1.165) is 23.9 Å². The van der Waals surface area contributed by atoms with Gasteiger partial charge in [-0.25, -0.2) is 0 Å². The molecule has 94 valence electrons. The minimum Gasteiger partial charge on any atom is -0.497 e. The Morgan fingerprint density at radius 3 is 2.71 bits per heavy atom. The summed E-state index contributed by atoms with van der Waals surface area (Å²) >= 11 is 0. The van der Waals surface area contributed by atoms with E-state index in [-0.39, 0.29) is 0 Å². The van der Waals surface area contributed by atoms with Crippen molar-refractivity contribution >= 4 is 11.4 Å². The van der Waals surface area contributed by atoms with Crippen molar-refractivity contribution in [3.8, 4) is 5.75 Å². The van der Waals surface area contributed by atoms with Crippen molar-refractivity contribution in [3.63, 3.8) is 0 Å². The van der Waals surface area contributed by atoms with Crippen LogP contribution in [0.25, 0.3) is 0 Å². The zero-order valence-corrected chi connectivity index (χ0v) is 10.9. The molecule has 1 aromatic rings. The van der Waals surface area contributed by atoms with E-state index in [2.05, 4.69) is 24.8 Å². The van der Waals surface area contributed by atoms with E-state index in [0.29, 0.717) is 6.04 Å². The second kappa shape index (κ2) is 4.86. The quantitative estimate of drug-likeness (QED) is 0.800. The van der Waals surface area contributed by atoms with Gasteiger partial charge in [-0.15, -0.1) is 0 Å². The molecule has 3 heteroatoms. The first-order valence-electron chi connectivity index (χ1n) is 6.31. The number of nitrogens with two attached hydrogens (primary N) is 1. The third-order valence-corrected chi connectivity index (χ3v) is 3.60. The van der Waals surface area contributed by atoms with Crippen LogP contribution in [0.15, 0.2) is 18.2 Å². The smallest absolute Gasteiger partial charge is 0.122 e. The summed E-state index contributed by atoms with van der Waals surface area (Å²) in [7, 11) is 1.68. The Morgan fingerprint density at radius 1 is 1.24 bits per heavy atom. The molecule has 3 nitrogen and oxygen atoms in total. The highest BCUT2D eigenvalue weighted by molar-refractivity contribution is 5.61. The van der Waals surface area contributed by atoms with Gasteiger partial charge in [-0.2, -0.15) is 0 Å². The van der Waals surface area contributed by atoms with Gasteiger partial charge in [0.15, 0.2) is 0 Å². The molecule has 1 saturated heterocycles. The van der Waals surface area contributed by atoms with E-state index in [1.807, 2.05) is 12.1 Å². The normalized spacial score (nSPS) is 24.8. The van der Waals surface area contributed by atoms with E-state index >= 15 is 0 Å². The van der Waals surface area contributed by atoms with E-state index in [4.69, 9.17) is 10.5 Å². The van der Waals surface area contributed by atoms with Crippen molar-refractivity contribution in [1.82, 2.24) is 0 Å². The third kappa shape index (κ3) is 2.65. The molecule has 1 fully saturated rings. The standard InChI is InChI=1S/C14H22N2O/c1-10-4-5-11(2)16(9-10)13-6-12(15)7-14(8-13)17-3/h6-8,10-11H,4-5,9,15H2,1-3H3. The summed E-state index contributed by atoms with van der Waals surface area (Å²) in [5.74, 6) is 1.59. The van der Waals surface area contributed by atoms with Crippen LogP contribution in [0.1, 0.15) is 26.7 Å². The number of methoxy groups -OCH3 is 1. The molecule has 0 saturated carbocycles. The molecular weight excluding hydrogens is 212 g/mol. The van der Waals surface area contributed by atoms with Crippen molar-refractivity contribution in [1.29, 1.82) is 0 Å². The van der Waals surface area contributed by atoms with Gasteiger partial charge >= 0.3 is 0 Å². The average Bonchev–Trinajstić information content (AvgIpc) is 2.31. The average molecular weight is 234 g/mol. The molecule has 0 bridgehead atoms. The summed E-state index contributed by atoms with van der Waals surface area (Å²) in [6, 6.07) is 6.56. The van der Waals surface area contributed by atoms with Crippen LogP contribution in [0, 0.1) is 5.92 Å². The summed E-state index contributed by atoms with van der Waals surface area (Å²) in [4.78, 5) is 2.44. The van der Waals surface area contributed by atoms with Crippen molar-refractivity contribution in [2.45, 2.75) is 32.7 Å². The van der Waals surface area contributed by atoms with Crippen LogP contribution in [-0.2, 0) is 0 Å². The molecule has 0 aromatic heterocycles. The summed E-state index contributed by atoms with van der Waals surface area (Å²) in [5.41, 5.74) is 7.86. The summed E-state index contributed by atoms with van der Waals surface area (Å²) in [6.45, 7) is 5.69. The van der Waals surface area contributed by atoms with Gasteiger partial charge in [0.1, 0.15) is 5.75 Å². The van der Waals surface area contributed by atoms with Gasteiger partial charge in [0.25, 0.3) is 0 Å². The first kappa shape index (κ1) is 12.1. The van der Waals surface area contributed by atoms with Crippen molar-refractivity contribution in [3.05, 3.63) is 18.2 Å².